The standard InChI is InChI=1S/C19H27N2O10P/c1-10(2)28-13(23)8-11(26-5)9-27-32(25)30-15-14-19(15,31-32)18(3,4)16(29-14)21-7-6-12(22)20-17(21)24/h6-7,10-11,14-16H,8-9H2,1-5H3,(H,20,22,24)/t11-,14-,15?,16-,19+,32-/m1/s1. The van der Waals surface area contributed by atoms with Crippen LogP contribution in [-0.2, 0) is 37.1 Å². The molecule has 0 bridgehead atoms. The van der Waals surface area contributed by atoms with Crippen LogP contribution in [0.15, 0.2) is 21.9 Å². The molecule has 3 heterocycles. The summed E-state index contributed by atoms with van der Waals surface area (Å²) in [5, 5.41) is 0. The Labute approximate surface area is 183 Å². The van der Waals surface area contributed by atoms with Gasteiger partial charge in [-0.2, -0.15) is 0 Å². The summed E-state index contributed by atoms with van der Waals surface area (Å²) < 4.78 is 47.5. The Morgan fingerprint density at radius 2 is 2.03 bits per heavy atom. The van der Waals surface area contributed by atoms with Crippen LogP contribution >= 0.6 is 7.82 Å². The van der Waals surface area contributed by atoms with Gasteiger partial charge in [0.1, 0.15) is 24.0 Å². The monoisotopic (exact) mass is 474 g/mol. The number of phosphoric ester groups is 1. The fourth-order valence-electron chi connectivity index (χ4n) is 4.38. The molecule has 32 heavy (non-hydrogen) atoms. The smallest absolute Gasteiger partial charge is 0.463 e. The molecule has 1 aliphatic carbocycles. The highest BCUT2D eigenvalue weighted by Crippen LogP contribution is 2.79. The third-order valence-electron chi connectivity index (χ3n) is 6.03. The van der Waals surface area contributed by atoms with Crippen LogP contribution in [0.4, 0.5) is 0 Å². The highest BCUT2D eigenvalue weighted by molar-refractivity contribution is 7.48. The quantitative estimate of drug-likeness (QED) is 0.430. The molecule has 13 heteroatoms. The lowest BCUT2D eigenvalue weighted by Gasteiger charge is -2.33. The molecule has 178 valence electrons. The van der Waals surface area contributed by atoms with Crippen molar-refractivity contribution in [3.63, 3.8) is 0 Å². The van der Waals surface area contributed by atoms with Crippen molar-refractivity contribution in [2.24, 2.45) is 5.41 Å². The van der Waals surface area contributed by atoms with Gasteiger partial charge >= 0.3 is 19.5 Å². The molecule has 0 amide bonds. The summed E-state index contributed by atoms with van der Waals surface area (Å²) in [6.45, 7) is 6.85. The Morgan fingerprint density at radius 1 is 1.31 bits per heavy atom. The number of H-pyrrole nitrogens is 1. The molecule has 12 nitrogen and oxygen atoms in total. The maximum Gasteiger partial charge on any atom is 0.476 e. The number of hydrogen-bond donors (Lipinski definition) is 1. The van der Waals surface area contributed by atoms with Crippen molar-refractivity contribution >= 4 is 13.8 Å². The molecule has 6 atom stereocenters. The molecule has 1 N–H and O–H groups in total. The number of ether oxygens (including phenoxy) is 3. The molecule has 1 unspecified atom stereocenters. The first-order valence-corrected chi connectivity index (χ1v) is 11.7. The van der Waals surface area contributed by atoms with Crippen LogP contribution in [0.1, 0.15) is 40.3 Å². The van der Waals surface area contributed by atoms with Gasteiger partial charge in [-0.15, -0.1) is 0 Å². The summed E-state index contributed by atoms with van der Waals surface area (Å²) in [4.78, 5) is 37.7. The summed E-state index contributed by atoms with van der Waals surface area (Å²) >= 11 is 0. The number of carbonyl (C=O) groups excluding carboxylic acids is 1. The van der Waals surface area contributed by atoms with Gasteiger partial charge < -0.3 is 14.2 Å². The van der Waals surface area contributed by atoms with Crippen LogP contribution in [0.25, 0.3) is 0 Å². The lowest BCUT2D eigenvalue weighted by molar-refractivity contribution is -0.150. The van der Waals surface area contributed by atoms with Gasteiger partial charge in [0, 0.05) is 24.8 Å². The van der Waals surface area contributed by atoms with Gasteiger partial charge in [-0.25, -0.2) is 9.36 Å². The van der Waals surface area contributed by atoms with Crippen LogP contribution in [-0.4, -0.2) is 59.3 Å². The molecule has 1 aromatic rings. The van der Waals surface area contributed by atoms with E-state index in [2.05, 4.69) is 4.98 Å². The van der Waals surface area contributed by atoms with Crippen LogP contribution in [0.5, 0.6) is 0 Å². The van der Waals surface area contributed by atoms with E-state index in [1.807, 2.05) is 0 Å². The van der Waals surface area contributed by atoms with Gasteiger partial charge in [-0.05, 0) is 13.8 Å². The number of aromatic nitrogens is 2. The van der Waals surface area contributed by atoms with Crippen molar-refractivity contribution in [2.75, 3.05) is 13.7 Å². The molecular weight excluding hydrogens is 447 g/mol. The zero-order valence-electron chi connectivity index (χ0n) is 18.4. The van der Waals surface area contributed by atoms with E-state index in [1.165, 1.54) is 23.9 Å². The average Bonchev–Trinajstić information content (AvgIpc) is 3.01. The molecule has 0 radical (unpaired) electrons. The van der Waals surface area contributed by atoms with Gasteiger partial charge in [0.25, 0.3) is 5.56 Å². The number of esters is 1. The Morgan fingerprint density at radius 3 is 2.66 bits per heavy atom. The van der Waals surface area contributed by atoms with E-state index >= 15 is 0 Å². The fraction of sp³-hybridized carbons (Fsp3) is 0.737. The lowest BCUT2D eigenvalue weighted by Crippen LogP contribution is -2.43. The van der Waals surface area contributed by atoms with E-state index in [-0.39, 0.29) is 19.1 Å². The first-order chi connectivity index (χ1) is 14.9. The minimum atomic E-state index is -3.97. The number of nitrogens with one attached hydrogen (secondary N) is 1. The maximum absolute atomic E-state index is 13.1. The number of hydrogen-bond acceptors (Lipinski definition) is 10. The number of methoxy groups -OCH3 is 1. The third kappa shape index (κ3) is 3.68. The second kappa shape index (κ2) is 7.89. The third-order valence-corrected chi connectivity index (χ3v) is 7.51. The molecule has 3 fully saturated rings. The molecule has 1 saturated carbocycles. The summed E-state index contributed by atoms with van der Waals surface area (Å²) in [6, 6.07) is 1.22. The van der Waals surface area contributed by atoms with E-state index in [0.29, 0.717) is 0 Å². The second-order valence-corrected chi connectivity index (χ2v) is 10.4. The normalized spacial score (nSPS) is 35.4. The molecule has 0 aromatic carbocycles. The van der Waals surface area contributed by atoms with E-state index in [0.717, 1.165) is 0 Å². The zero-order chi connectivity index (χ0) is 23.5. The van der Waals surface area contributed by atoms with Crippen LogP contribution in [0.2, 0.25) is 0 Å². The Bertz CT molecular complexity index is 1060. The van der Waals surface area contributed by atoms with Gasteiger partial charge in [0.2, 0.25) is 0 Å². The molecule has 2 aliphatic heterocycles. The number of carbonyl (C=O) groups is 1. The van der Waals surface area contributed by atoms with Crippen molar-refractivity contribution < 1.29 is 37.1 Å². The van der Waals surface area contributed by atoms with Gasteiger partial charge in [-0.3, -0.25) is 32.7 Å². The highest BCUT2D eigenvalue weighted by atomic mass is 31.2. The molecule has 2 saturated heterocycles. The number of aromatic amines is 1. The SMILES string of the molecule is CO[C@@H](CO[P@]1(=O)OC2[C@H]3O[C@@H](n4ccc(=O)[nH]c4=O)C(C)(C)[C@@]23O1)CC(=O)OC(C)C. The van der Waals surface area contributed by atoms with E-state index < -0.39 is 60.6 Å². The van der Waals surface area contributed by atoms with Crippen molar-refractivity contribution in [3.8, 4) is 0 Å². The second-order valence-electron chi connectivity index (χ2n) is 8.90. The zero-order valence-corrected chi connectivity index (χ0v) is 19.3. The van der Waals surface area contributed by atoms with E-state index in [1.54, 1.807) is 27.7 Å². The largest absolute Gasteiger partial charge is 0.476 e. The topological polar surface area (TPSA) is 144 Å². The maximum atomic E-state index is 13.1. The van der Waals surface area contributed by atoms with Crippen LogP contribution in [0, 0.1) is 5.41 Å². The molecule has 1 spiro atoms. The van der Waals surface area contributed by atoms with Crippen molar-refractivity contribution in [2.45, 2.75) is 70.4 Å². The predicted octanol–water partition coefficient (Wildman–Crippen LogP) is 1.11. The van der Waals surface area contributed by atoms with Crippen LogP contribution in [0.3, 0.4) is 0 Å². The molecule has 1 aromatic heterocycles. The Kier molecular flexibility index (Phi) is 5.76. The van der Waals surface area contributed by atoms with Crippen molar-refractivity contribution in [1.82, 2.24) is 9.55 Å². The Balaban J connectivity index is 1.44. The molecule has 4 rings (SSSR count). The van der Waals surface area contributed by atoms with Crippen molar-refractivity contribution in [1.29, 1.82) is 0 Å². The summed E-state index contributed by atoms with van der Waals surface area (Å²) in [5.74, 6) is -0.469. The van der Waals surface area contributed by atoms with Gasteiger partial charge in [0.05, 0.1) is 25.2 Å². The number of rotatable bonds is 8. The highest BCUT2D eigenvalue weighted by Gasteiger charge is 2.89. The number of phosphoric acid groups is 1. The fourth-order valence-corrected chi connectivity index (χ4v) is 6.24. The average molecular weight is 474 g/mol. The summed E-state index contributed by atoms with van der Waals surface area (Å²) in [6.07, 6.45) is -1.68. The van der Waals surface area contributed by atoms with Crippen LogP contribution < -0.4 is 11.2 Å². The van der Waals surface area contributed by atoms with Gasteiger partial charge in [0.15, 0.2) is 0 Å². The predicted molar refractivity (Wildman–Crippen MR) is 108 cm³/mol. The number of fused-ring (bicyclic) bond motifs is 1. The van der Waals surface area contributed by atoms with Crippen molar-refractivity contribution in [3.05, 3.63) is 33.1 Å². The van der Waals surface area contributed by atoms with E-state index in [9.17, 15) is 18.9 Å². The first kappa shape index (κ1) is 23.3. The number of nitrogens with zero attached hydrogens (tertiary/aromatic N) is 1. The summed E-state index contributed by atoms with van der Waals surface area (Å²) in [7, 11) is -2.57. The van der Waals surface area contributed by atoms with Gasteiger partial charge in [-0.1, -0.05) is 13.8 Å². The minimum Gasteiger partial charge on any atom is -0.463 e. The molecular formula is C19H27N2O10P. The van der Waals surface area contributed by atoms with E-state index in [4.69, 9.17) is 27.8 Å². The summed E-state index contributed by atoms with van der Waals surface area (Å²) in [5.41, 5.74) is -3.07. The lowest BCUT2D eigenvalue weighted by atomic mass is 9.83. The first-order valence-electron chi connectivity index (χ1n) is 10.3. The Hall–Kier alpha value is -1.82. The minimum absolute atomic E-state index is 0.0856. The molecule has 3 aliphatic rings.